The molecule has 0 heterocycles. The fourth-order valence-electron chi connectivity index (χ4n) is 2.64. The molecular formula is C18H31NO2. The summed E-state index contributed by atoms with van der Waals surface area (Å²) < 4.78 is 5.98. The molecule has 0 radical (unpaired) electrons. The van der Waals surface area contributed by atoms with Crippen molar-refractivity contribution < 1.29 is 9.84 Å². The second kappa shape index (κ2) is 8.40. The Bertz CT molecular complexity index is 404. The molecule has 3 unspecified atom stereocenters. The Morgan fingerprint density at radius 1 is 1.19 bits per heavy atom. The maximum atomic E-state index is 9.54. The average Bonchev–Trinajstić information content (AvgIpc) is 2.47. The minimum absolute atomic E-state index is 0.0515. The van der Waals surface area contributed by atoms with Crippen LogP contribution in [0.25, 0.3) is 0 Å². The van der Waals surface area contributed by atoms with Crippen molar-refractivity contribution in [1.29, 1.82) is 0 Å². The summed E-state index contributed by atoms with van der Waals surface area (Å²) in [7, 11) is 0. The van der Waals surface area contributed by atoms with Crippen LogP contribution in [0.3, 0.4) is 0 Å². The molecule has 0 saturated carbocycles. The zero-order valence-electron chi connectivity index (χ0n) is 14.1. The van der Waals surface area contributed by atoms with E-state index in [4.69, 9.17) is 4.74 Å². The Kier molecular flexibility index (Phi) is 7.20. The van der Waals surface area contributed by atoms with Gasteiger partial charge in [0.25, 0.3) is 0 Å². The Morgan fingerprint density at radius 2 is 1.81 bits per heavy atom. The lowest BCUT2D eigenvalue weighted by Gasteiger charge is -2.31. The van der Waals surface area contributed by atoms with Crippen molar-refractivity contribution in [3.05, 3.63) is 29.8 Å². The molecule has 0 amide bonds. The third-order valence-corrected chi connectivity index (χ3v) is 4.09. The first kappa shape index (κ1) is 18.0. The highest BCUT2D eigenvalue weighted by molar-refractivity contribution is 5.29. The van der Waals surface area contributed by atoms with E-state index < -0.39 is 0 Å². The molecule has 0 aliphatic heterocycles. The molecule has 3 nitrogen and oxygen atoms in total. The summed E-state index contributed by atoms with van der Waals surface area (Å²) in [5.74, 6) is 1.48. The second-order valence-electron chi connectivity index (χ2n) is 6.26. The third kappa shape index (κ3) is 5.68. The van der Waals surface area contributed by atoms with Gasteiger partial charge in [0.2, 0.25) is 0 Å². The van der Waals surface area contributed by atoms with Crippen LogP contribution in [0.4, 0.5) is 0 Å². The fraction of sp³-hybridized carbons (Fsp3) is 0.667. The zero-order chi connectivity index (χ0) is 15.9. The maximum Gasteiger partial charge on any atom is 0.119 e. The lowest BCUT2D eigenvalue weighted by molar-refractivity contribution is 0.111. The van der Waals surface area contributed by atoms with Crippen molar-refractivity contribution in [2.45, 2.75) is 65.0 Å². The summed E-state index contributed by atoms with van der Waals surface area (Å²) in [4.78, 5) is 0. The first-order chi connectivity index (χ1) is 9.94. The molecule has 0 aliphatic rings. The van der Waals surface area contributed by atoms with Crippen molar-refractivity contribution in [2.75, 3.05) is 13.2 Å². The van der Waals surface area contributed by atoms with Gasteiger partial charge in [0.15, 0.2) is 0 Å². The molecule has 1 rings (SSSR count). The standard InChI is InChI=1S/C18H31NO2/c1-6-14(3)16-8-10-17(11-9-16)21-15(4)12-18(5,13-20)19-7-2/h8-11,14-15,19-20H,6-7,12-13H2,1-5H3. The van der Waals surface area contributed by atoms with Crippen LogP contribution in [0.5, 0.6) is 5.75 Å². The van der Waals surface area contributed by atoms with Crippen molar-refractivity contribution in [3.63, 3.8) is 0 Å². The van der Waals surface area contributed by atoms with Gasteiger partial charge in [-0.1, -0.05) is 32.9 Å². The Hall–Kier alpha value is -1.06. The molecule has 3 atom stereocenters. The quantitative estimate of drug-likeness (QED) is 0.729. The van der Waals surface area contributed by atoms with E-state index in [1.165, 1.54) is 5.56 Å². The van der Waals surface area contributed by atoms with Crippen molar-refractivity contribution >= 4 is 0 Å². The van der Waals surface area contributed by atoms with E-state index in [2.05, 4.69) is 31.3 Å². The Morgan fingerprint density at radius 3 is 2.29 bits per heavy atom. The van der Waals surface area contributed by atoms with Gasteiger partial charge in [-0.05, 0) is 50.4 Å². The molecule has 2 N–H and O–H groups in total. The highest BCUT2D eigenvalue weighted by Gasteiger charge is 2.25. The number of rotatable bonds is 9. The third-order valence-electron chi connectivity index (χ3n) is 4.09. The highest BCUT2D eigenvalue weighted by Crippen LogP contribution is 2.23. The maximum absolute atomic E-state index is 9.54. The summed E-state index contributed by atoms with van der Waals surface area (Å²) in [5.41, 5.74) is 1.07. The molecule has 21 heavy (non-hydrogen) atoms. The van der Waals surface area contributed by atoms with E-state index in [1.807, 2.05) is 32.9 Å². The van der Waals surface area contributed by atoms with E-state index in [-0.39, 0.29) is 18.2 Å². The zero-order valence-corrected chi connectivity index (χ0v) is 14.1. The highest BCUT2D eigenvalue weighted by atomic mass is 16.5. The first-order valence-electron chi connectivity index (χ1n) is 8.06. The van der Waals surface area contributed by atoms with Gasteiger partial charge in [-0.15, -0.1) is 0 Å². The SMILES string of the molecule is CCNC(C)(CO)CC(C)Oc1ccc(C(C)CC)cc1. The minimum atomic E-state index is -0.287. The first-order valence-corrected chi connectivity index (χ1v) is 8.06. The fourth-order valence-corrected chi connectivity index (χ4v) is 2.64. The molecule has 120 valence electrons. The summed E-state index contributed by atoms with van der Waals surface area (Å²) in [6.45, 7) is 11.5. The van der Waals surface area contributed by atoms with E-state index in [9.17, 15) is 5.11 Å². The van der Waals surface area contributed by atoms with Crippen LogP contribution in [0, 0.1) is 0 Å². The predicted octanol–water partition coefficient (Wildman–Crippen LogP) is 3.72. The number of nitrogens with one attached hydrogen (secondary N) is 1. The lowest BCUT2D eigenvalue weighted by atomic mass is 9.95. The second-order valence-corrected chi connectivity index (χ2v) is 6.26. The van der Waals surface area contributed by atoms with Gasteiger partial charge in [-0.25, -0.2) is 0 Å². The normalized spacial score (nSPS) is 17.0. The van der Waals surface area contributed by atoms with Crippen LogP contribution in [-0.2, 0) is 0 Å². The monoisotopic (exact) mass is 293 g/mol. The summed E-state index contributed by atoms with van der Waals surface area (Å²) in [6.07, 6.45) is 1.97. The smallest absolute Gasteiger partial charge is 0.119 e. The van der Waals surface area contributed by atoms with Gasteiger partial charge in [-0.3, -0.25) is 0 Å². The average molecular weight is 293 g/mol. The number of aliphatic hydroxyl groups excluding tert-OH is 1. The van der Waals surface area contributed by atoms with Crippen molar-refractivity contribution in [1.82, 2.24) is 5.32 Å². The lowest BCUT2D eigenvalue weighted by Crippen LogP contribution is -2.48. The van der Waals surface area contributed by atoms with Gasteiger partial charge in [0.1, 0.15) is 5.75 Å². The molecular weight excluding hydrogens is 262 g/mol. The Labute approximate surface area is 129 Å². The van der Waals surface area contributed by atoms with Gasteiger partial charge >= 0.3 is 0 Å². The largest absolute Gasteiger partial charge is 0.491 e. The number of likely N-dealkylation sites (N-methyl/N-ethyl adjacent to an activating group) is 1. The molecule has 0 aliphatic carbocycles. The van der Waals surface area contributed by atoms with Gasteiger partial charge in [0.05, 0.1) is 12.7 Å². The van der Waals surface area contributed by atoms with Crippen molar-refractivity contribution in [2.24, 2.45) is 0 Å². The molecule has 0 fully saturated rings. The van der Waals surface area contributed by atoms with Crippen molar-refractivity contribution in [3.8, 4) is 5.75 Å². The molecule has 0 bridgehead atoms. The molecule has 0 aromatic heterocycles. The number of ether oxygens (including phenoxy) is 1. The number of aliphatic hydroxyl groups is 1. The molecule has 1 aromatic rings. The van der Waals surface area contributed by atoms with Crippen LogP contribution in [0.1, 0.15) is 58.9 Å². The molecule has 0 saturated heterocycles. The molecule has 1 aromatic carbocycles. The predicted molar refractivity (Wildman–Crippen MR) is 89.0 cm³/mol. The van der Waals surface area contributed by atoms with Gasteiger partial charge in [0, 0.05) is 12.0 Å². The van der Waals surface area contributed by atoms with E-state index in [0.717, 1.165) is 25.1 Å². The van der Waals surface area contributed by atoms with E-state index in [1.54, 1.807) is 0 Å². The van der Waals surface area contributed by atoms with Gasteiger partial charge in [-0.2, -0.15) is 0 Å². The van der Waals surface area contributed by atoms with Crippen LogP contribution in [0.15, 0.2) is 24.3 Å². The van der Waals surface area contributed by atoms with Crippen LogP contribution in [0.2, 0.25) is 0 Å². The summed E-state index contributed by atoms with van der Waals surface area (Å²) in [6, 6.07) is 8.38. The van der Waals surface area contributed by atoms with Crippen LogP contribution >= 0.6 is 0 Å². The van der Waals surface area contributed by atoms with E-state index in [0.29, 0.717) is 5.92 Å². The Balaban J connectivity index is 2.60. The number of benzene rings is 1. The topological polar surface area (TPSA) is 41.5 Å². The van der Waals surface area contributed by atoms with Crippen LogP contribution < -0.4 is 10.1 Å². The van der Waals surface area contributed by atoms with E-state index >= 15 is 0 Å². The number of hydrogen-bond acceptors (Lipinski definition) is 3. The van der Waals surface area contributed by atoms with Crippen LogP contribution in [-0.4, -0.2) is 29.9 Å². The summed E-state index contributed by atoms with van der Waals surface area (Å²) >= 11 is 0. The summed E-state index contributed by atoms with van der Waals surface area (Å²) in [5, 5.41) is 12.9. The van der Waals surface area contributed by atoms with Gasteiger partial charge < -0.3 is 15.2 Å². The molecule has 0 spiro atoms. The number of hydrogen-bond donors (Lipinski definition) is 2. The molecule has 3 heteroatoms. The minimum Gasteiger partial charge on any atom is -0.491 e.